The number of aliphatic hydroxyl groups excluding tert-OH is 1. The third-order valence-electron chi connectivity index (χ3n) is 3.34. The SMILES string of the molecule is CCOC1CCCN(c2cc(Br)ccc2CO)C1. The highest BCUT2D eigenvalue weighted by Gasteiger charge is 2.21. The zero-order valence-electron chi connectivity index (χ0n) is 10.7. The van der Waals surface area contributed by atoms with Gasteiger partial charge in [-0.3, -0.25) is 0 Å². The first kappa shape index (κ1) is 13.8. The highest BCUT2D eigenvalue weighted by atomic mass is 79.9. The highest BCUT2D eigenvalue weighted by Crippen LogP contribution is 2.28. The van der Waals surface area contributed by atoms with E-state index in [1.165, 1.54) is 0 Å². The van der Waals surface area contributed by atoms with Gasteiger partial charge in [0.15, 0.2) is 0 Å². The van der Waals surface area contributed by atoms with Crippen molar-refractivity contribution in [2.24, 2.45) is 0 Å². The minimum Gasteiger partial charge on any atom is -0.392 e. The second kappa shape index (κ2) is 6.55. The summed E-state index contributed by atoms with van der Waals surface area (Å²) < 4.78 is 6.77. The van der Waals surface area contributed by atoms with Crippen LogP contribution >= 0.6 is 15.9 Å². The van der Waals surface area contributed by atoms with Crippen LogP contribution in [-0.2, 0) is 11.3 Å². The number of aliphatic hydroxyl groups is 1. The first-order chi connectivity index (χ1) is 8.74. The monoisotopic (exact) mass is 313 g/mol. The van der Waals surface area contributed by atoms with Crippen LogP contribution in [0, 0.1) is 0 Å². The fraction of sp³-hybridized carbons (Fsp3) is 0.571. The van der Waals surface area contributed by atoms with Crippen LogP contribution in [0.5, 0.6) is 0 Å². The molecule has 0 aliphatic carbocycles. The van der Waals surface area contributed by atoms with Crippen LogP contribution in [-0.4, -0.2) is 30.9 Å². The second-order valence-corrected chi connectivity index (χ2v) is 5.51. The molecule has 1 aliphatic rings. The molecule has 1 fully saturated rings. The Bertz CT molecular complexity index is 395. The van der Waals surface area contributed by atoms with Crippen LogP contribution in [0.1, 0.15) is 25.3 Å². The number of hydrogen-bond acceptors (Lipinski definition) is 3. The van der Waals surface area contributed by atoms with E-state index in [2.05, 4.69) is 26.9 Å². The molecule has 1 aromatic rings. The average molecular weight is 314 g/mol. The summed E-state index contributed by atoms with van der Waals surface area (Å²) in [7, 11) is 0. The smallest absolute Gasteiger partial charge is 0.0750 e. The normalized spacial score (nSPS) is 20.2. The van der Waals surface area contributed by atoms with Crippen molar-refractivity contribution in [1.82, 2.24) is 0 Å². The summed E-state index contributed by atoms with van der Waals surface area (Å²) in [5.74, 6) is 0. The highest BCUT2D eigenvalue weighted by molar-refractivity contribution is 9.10. The number of piperidine rings is 1. The molecular weight excluding hydrogens is 294 g/mol. The van der Waals surface area contributed by atoms with E-state index in [-0.39, 0.29) is 6.61 Å². The first-order valence-corrected chi connectivity index (χ1v) is 7.29. The third-order valence-corrected chi connectivity index (χ3v) is 3.83. The lowest BCUT2D eigenvalue weighted by atomic mass is 10.1. The molecule has 4 heteroatoms. The van der Waals surface area contributed by atoms with Crippen molar-refractivity contribution < 1.29 is 9.84 Å². The summed E-state index contributed by atoms with van der Waals surface area (Å²) in [6.07, 6.45) is 2.59. The maximum absolute atomic E-state index is 9.44. The Labute approximate surface area is 117 Å². The standard InChI is InChI=1S/C14H20BrNO2/c1-2-18-13-4-3-7-16(9-13)14-8-12(15)6-5-11(14)10-17/h5-6,8,13,17H,2-4,7,9-10H2,1H3. The summed E-state index contributed by atoms with van der Waals surface area (Å²) in [5.41, 5.74) is 2.10. The number of ether oxygens (including phenoxy) is 1. The number of benzene rings is 1. The predicted octanol–water partition coefficient (Wildman–Crippen LogP) is 2.95. The summed E-state index contributed by atoms with van der Waals surface area (Å²) in [6.45, 7) is 4.84. The van der Waals surface area contributed by atoms with Crippen molar-refractivity contribution in [3.63, 3.8) is 0 Å². The topological polar surface area (TPSA) is 32.7 Å². The molecule has 100 valence electrons. The van der Waals surface area contributed by atoms with Crippen molar-refractivity contribution in [3.8, 4) is 0 Å². The van der Waals surface area contributed by atoms with Crippen molar-refractivity contribution in [2.45, 2.75) is 32.5 Å². The van der Waals surface area contributed by atoms with Gasteiger partial charge in [0.2, 0.25) is 0 Å². The van der Waals surface area contributed by atoms with Gasteiger partial charge in [0.1, 0.15) is 0 Å². The molecule has 2 rings (SSSR count). The summed E-state index contributed by atoms with van der Waals surface area (Å²) in [6, 6.07) is 6.03. The summed E-state index contributed by atoms with van der Waals surface area (Å²) >= 11 is 3.50. The summed E-state index contributed by atoms with van der Waals surface area (Å²) in [4.78, 5) is 2.32. The second-order valence-electron chi connectivity index (χ2n) is 4.60. The molecule has 0 aromatic heterocycles. The Hall–Kier alpha value is -0.580. The van der Waals surface area contributed by atoms with Gasteiger partial charge in [-0.2, -0.15) is 0 Å². The van der Waals surface area contributed by atoms with Gasteiger partial charge < -0.3 is 14.7 Å². The maximum atomic E-state index is 9.44. The number of hydrogen-bond donors (Lipinski definition) is 1. The van der Waals surface area contributed by atoms with Gasteiger partial charge >= 0.3 is 0 Å². The van der Waals surface area contributed by atoms with E-state index < -0.39 is 0 Å². The number of halogens is 1. The summed E-state index contributed by atoms with van der Waals surface area (Å²) in [5, 5.41) is 9.44. The van der Waals surface area contributed by atoms with Crippen LogP contribution in [0.3, 0.4) is 0 Å². The van der Waals surface area contributed by atoms with E-state index in [0.29, 0.717) is 6.10 Å². The van der Waals surface area contributed by atoms with Gasteiger partial charge in [0.25, 0.3) is 0 Å². The zero-order valence-corrected chi connectivity index (χ0v) is 12.3. The van der Waals surface area contributed by atoms with E-state index in [9.17, 15) is 5.11 Å². The van der Waals surface area contributed by atoms with Crippen molar-refractivity contribution in [3.05, 3.63) is 28.2 Å². The fourth-order valence-electron chi connectivity index (χ4n) is 2.49. The van der Waals surface area contributed by atoms with Crippen LogP contribution < -0.4 is 4.90 Å². The van der Waals surface area contributed by atoms with Crippen molar-refractivity contribution >= 4 is 21.6 Å². The molecule has 1 N–H and O–H groups in total. The molecule has 1 aliphatic heterocycles. The lowest BCUT2D eigenvalue weighted by molar-refractivity contribution is 0.0526. The molecular formula is C14H20BrNO2. The Morgan fingerprint density at radius 3 is 3.06 bits per heavy atom. The molecule has 0 spiro atoms. The molecule has 0 saturated carbocycles. The largest absolute Gasteiger partial charge is 0.392 e. The lowest BCUT2D eigenvalue weighted by Crippen LogP contribution is -2.40. The zero-order chi connectivity index (χ0) is 13.0. The number of rotatable bonds is 4. The quantitative estimate of drug-likeness (QED) is 0.927. The Morgan fingerprint density at radius 1 is 1.50 bits per heavy atom. The maximum Gasteiger partial charge on any atom is 0.0750 e. The number of nitrogens with zero attached hydrogens (tertiary/aromatic N) is 1. The Kier molecular flexibility index (Phi) is 5.03. The lowest BCUT2D eigenvalue weighted by Gasteiger charge is -2.35. The third kappa shape index (κ3) is 3.25. The van der Waals surface area contributed by atoms with E-state index in [0.717, 1.165) is 48.3 Å². The molecule has 1 saturated heterocycles. The Balaban J connectivity index is 2.17. The minimum atomic E-state index is 0.0818. The van der Waals surface area contributed by atoms with E-state index in [1.807, 2.05) is 19.1 Å². The van der Waals surface area contributed by atoms with E-state index >= 15 is 0 Å². The van der Waals surface area contributed by atoms with Crippen molar-refractivity contribution in [1.29, 1.82) is 0 Å². The molecule has 0 bridgehead atoms. The molecule has 3 nitrogen and oxygen atoms in total. The predicted molar refractivity (Wildman–Crippen MR) is 76.9 cm³/mol. The van der Waals surface area contributed by atoms with Gasteiger partial charge in [-0.25, -0.2) is 0 Å². The minimum absolute atomic E-state index is 0.0818. The molecule has 1 aromatic carbocycles. The van der Waals surface area contributed by atoms with Gasteiger partial charge in [0, 0.05) is 35.4 Å². The van der Waals surface area contributed by atoms with Crippen LogP contribution in [0.15, 0.2) is 22.7 Å². The average Bonchev–Trinajstić information content (AvgIpc) is 2.39. The van der Waals surface area contributed by atoms with Gasteiger partial charge in [-0.05, 0) is 31.9 Å². The molecule has 1 heterocycles. The molecule has 1 unspecified atom stereocenters. The molecule has 0 radical (unpaired) electrons. The Morgan fingerprint density at radius 2 is 2.33 bits per heavy atom. The van der Waals surface area contributed by atoms with Gasteiger partial charge in [-0.1, -0.05) is 22.0 Å². The van der Waals surface area contributed by atoms with Crippen molar-refractivity contribution in [2.75, 3.05) is 24.6 Å². The molecule has 0 amide bonds. The van der Waals surface area contributed by atoms with Crippen LogP contribution in [0.4, 0.5) is 5.69 Å². The van der Waals surface area contributed by atoms with Gasteiger partial charge in [0.05, 0.1) is 12.7 Å². The van der Waals surface area contributed by atoms with Crippen LogP contribution in [0.2, 0.25) is 0 Å². The molecule has 1 atom stereocenters. The first-order valence-electron chi connectivity index (χ1n) is 6.50. The van der Waals surface area contributed by atoms with Crippen LogP contribution in [0.25, 0.3) is 0 Å². The van der Waals surface area contributed by atoms with E-state index in [1.54, 1.807) is 0 Å². The fourth-order valence-corrected chi connectivity index (χ4v) is 2.84. The molecule has 18 heavy (non-hydrogen) atoms. The van der Waals surface area contributed by atoms with Gasteiger partial charge in [-0.15, -0.1) is 0 Å². The van der Waals surface area contributed by atoms with E-state index in [4.69, 9.17) is 4.74 Å². The number of anilines is 1.